The fraction of sp³-hybridized carbons (Fsp3) is 0.700. The van der Waals surface area contributed by atoms with Crippen molar-refractivity contribution in [2.24, 2.45) is 0 Å². The summed E-state index contributed by atoms with van der Waals surface area (Å²) >= 11 is 0. The molecule has 2 aliphatic rings. The van der Waals surface area contributed by atoms with Crippen LogP contribution in [-0.2, 0) is 16.1 Å². The van der Waals surface area contributed by atoms with Crippen molar-refractivity contribution in [3.63, 3.8) is 0 Å². The molecule has 0 unspecified atom stereocenters. The number of likely N-dealkylation sites (tertiary alicyclic amines) is 1. The van der Waals surface area contributed by atoms with E-state index in [9.17, 15) is 4.79 Å². The summed E-state index contributed by atoms with van der Waals surface area (Å²) in [4.78, 5) is 19.2. The number of carbonyl (C=O) groups excluding carboxylic acids is 1. The zero-order valence-electron chi connectivity index (χ0n) is 16.8. The van der Waals surface area contributed by atoms with Crippen molar-refractivity contribution in [3.8, 4) is 0 Å². The van der Waals surface area contributed by atoms with Crippen LogP contribution >= 0.6 is 0 Å². The molecule has 2 fully saturated rings. The molecule has 8 heteroatoms. The lowest BCUT2D eigenvalue weighted by Gasteiger charge is -2.30. The van der Waals surface area contributed by atoms with Gasteiger partial charge in [0.25, 0.3) is 0 Å². The molecule has 0 spiro atoms. The van der Waals surface area contributed by atoms with Crippen LogP contribution in [0.2, 0.25) is 0 Å². The normalized spacial score (nSPS) is 19.3. The van der Waals surface area contributed by atoms with Crippen LogP contribution in [0.1, 0.15) is 67.0 Å². The predicted octanol–water partition coefficient (Wildman–Crippen LogP) is 2.57. The molecule has 0 N–H and O–H groups in total. The Morgan fingerprint density at radius 2 is 1.89 bits per heavy atom. The van der Waals surface area contributed by atoms with Gasteiger partial charge in [0.15, 0.2) is 5.82 Å². The molecule has 2 saturated heterocycles. The Morgan fingerprint density at radius 1 is 1.14 bits per heavy atom. The highest BCUT2D eigenvalue weighted by Crippen LogP contribution is 2.30. The monoisotopic (exact) mass is 387 g/mol. The van der Waals surface area contributed by atoms with Crippen LogP contribution < -0.4 is 0 Å². The summed E-state index contributed by atoms with van der Waals surface area (Å²) < 4.78 is 12.9. The summed E-state index contributed by atoms with van der Waals surface area (Å²) in [5.41, 5.74) is 2.09. The lowest BCUT2D eigenvalue weighted by Crippen LogP contribution is -2.38. The zero-order chi connectivity index (χ0) is 19.5. The third kappa shape index (κ3) is 4.27. The van der Waals surface area contributed by atoms with Gasteiger partial charge >= 0.3 is 0 Å². The number of hydrogen-bond donors (Lipinski definition) is 0. The molecule has 0 atom stereocenters. The van der Waals surface area contributed by atoms with E-state index in [4.69, 9.17) is 9.26 Å². The van der Waals surface area contributed by atoms with Gasteiger partial charge in [-0.1, -0.05) is 5.16 Å². The average Bonchev–Trinajstić information content (AvgIpc) is 3.33. The van der Waals surface area contributed by atoms with Gasteiger partial charge in [0.1, 0.15) is 0 Å². The van der Waals surface area contributed by atoms with Gasteiger partial charge in [0.2, 0.25) is 11.8 Å². The number of piperidine rings is 1. The smallest absolute Gasteiger partial charge is 0.229 e. The summed E-state index contributed by atoms with van der Waals surface area (Å²) in [5, 5.41) is 8.64. The van der Waals surface area contributed by atoms with Crippen molar-refractivity contribution in [1.82, 2.24) is 24.8 Å². The zero-order valence-corrected chi connectivity index (χ0v) is 16.8. The first-order chi connectivity index (χ1) is 13.6. The fourth-order valence-electron chi connectivity index (χ4n) is 4.17. The Bertz CT molecular complexity index is 801. The second-order valence-corrected chi connectivity index (χ2v) is 7.93. The van der Waals surface area contributed by atoms with Gasteiger partial charge in [0, 0.05) is 56.8 Å². The average molecular weight is 387 g/mol. The Kier molecular flexibility index (Phi) is 5.75. The molecule has 0 aliphatic carbocycles. The van der Waals surface area contributed by atoms with Crippen LogP contribution in [0.4, 0.5) is 0 Å². The van der Waals surface area contributed by atoms with Gasteiger partial charge < -0.3 is 14.2 Å². The Balaban J connectivity index is 1.26. The van der Waals surface area contributed by atoms with Crippen LogP contribution in [-0.4, -0.2) is 57.0 Å². The standard InChI is InChI=1S/C20H29N5O3/c1-14-13-15(2)25(22-14)10-5-18(26)24-8-3-17(4-9-24)20-21-19(23-28-20)16-6-11-27-12-7-16/h13,16-17H,3-12H2,1-2H3. The summed E-state index contributed by atoms with van der Waals surface area (Å²) in [6, 6.07) is 2.04. The van der Waals surface area contributed by atoms with E-state index in [0.29, 0.717) is 18.9 Å². The molecule has 4 heterocycles. The van der Waals surface area contributed by atoms with Gasteiger partial charge in [-0.3, -0.25) is 9.48 Å². The quantitative estimate of drug-likeness (QED) is 0.784. The molecule has 2 aromatic rings. The molecule has 0 radical (unpaired) electrons. The van der Waals surface area contributed by atoms with E-state index in [0.717, 1.165) is 75.1 Å². The molecule has 1 amide bonds. The molecular weight excluding hydrogens is 358 g/mol. The van der Waals surface area contributed by atoms with Crippen molar-refractivity contribution in [2.45, 2.75) is 64.3 Å². The second-order valence-electron chi connectivity index (χ2n) is 7.93. The number of ether oxygens (including phenoxy) is 1. The summed E-state index contributed by atoms with van der Waals surface area (Å²) in [6.45, 7) is 7.66. The molecule has 0 bridgehead atoms. The number of aromatic nitrogens is 4. The van der Waals surface area contributed by atoms with E-state index >= 15 is 0 Å². The second kappa shape index (κ2) is 8.43. The number of amides is 1. The van der Waals surface area contributed by atoms with Gasteiger partial charge in [-0.15, -0.1) is 0 Å². The van der Waals surface area contributed by atoms with Crippen molar-refractivity contribution >= 4 is 5.91 Å². The maximum atomic E-state index is 12.6. The van der Waals surface area contributed by atoms with Crippen LogP contribution in [0.25, 0.3) is 0 Å². The largest absolute Gasteiger partial charge is 0.381 e. The maximum Gasteiger partial charge on any atom is 0.229 e. The highest BCUT2D eigenvalue weighted by Gasteiger charge is 2.29. The first-order valence-electron chi connectivity index (χ1n) is 10.3. The van der Waals surface area contributed by atoms with Gasteiger partial charge in [0.05, 0.1) is 5.69 Å². The number of hydrogen-bond acceptors (Lipinski definition) is 6. The number of carbonyl (C=O) groups is 1. The Hall–Kier alpha value is -2.22. The highest BCUT2D eigenvalue weighted by atomic mass is 16.5. The minimum Gasteiger partial charge on any atom is -0.381 e. The van der Waals surface area contributed by atoms with Crippen LogP contribution in [0, 0.1) is 13.8 Å². The summed E-state index contributed by atoms with van der Waals surface area (Å²) in [7, 11) is 0. The molecule has 0 saturated carbocycles. The predicted molar refractivity (Wildman–Crippen MR) is 102 cm³/mol. The van der Waals surface area contributed by atoms with Crippen LogP contribution in [0.3, 0.4) is 0 Å². The van der Waals surface area contributed by atoms with Crippen molar-refractivity contribution in [1.29, 1.82) is 0 Å². The molecule has 2 aromatic heterocycles. The van der Waals surface area contributed by atoms with Gasteiger partial charge in [-0.25, -0.2) is 0 Å². The third-order valence-corrected chi connectivity index (χ3v) is 5.88. The van der Waals surface area contributed by atoms with Crippen molar-refractivity contribution in [2.75, 3.05) is 26.3 Å². The molecule has 4 rings (SSSR count). The molecule has 8 nitrogen and oxygen atoms in total. The summed E-state index contributed by atoms with van der Waals surface area (Å²) in [5.74, 6) is 2.35. The Morgan fingerprint density at radius 3 is 2.57 bits per heavy atom. The molecule has 152 valence electrons. The van der Waals surface area contributed by atoms with E-state index in [-0.39, 0.29) is 11.8 Å². The third-order valence-electron chi connectivity index (χ3n) is 5.88. The van der Waals surface area contributed by atoms with Crippen molar-refractivity contribution in [3.05, 3.63) is 29.2 Å². The topological polar surface area (TPSA) is 86.3 Å². The number of aryl methyl sites for hydroxylation is 3. The van der Waals surface area contributed by atoms with Gasteiger partial charge in [-0.2, -0.15) is 10.1 Å². The van der Waals surface area contributed by atoms with Gasteiger partial charge in [-0.05, 0) is 45.6 Å². The first kappa shape index (κ1) is 19.1. The van der Waals surface area contributed by atoms with Crippen LogP contribution in [0.5, 0.6) is 0 Å². The van der Waals surface area contributed by atoms with Crippen LogP contribution in [0.15, 0.2) is 10.6 Å². The summed E-state index contributed by atoms with van der Waals surface area (Å²) in [6.07, 6.45) is 4.16. The van der Waals surface area contributed by atoms with E-state index in [1.54, 1.807) is 0 Å². The van der Waals surface area contributed by atoms with E-state index in [1.807, 2.05) is 29.5 Å². The fourth-order valence-corrected chi connectivity index (χ4v) is 4.17. The molecule has 2 aliphatic heterocycles. The van der Waals surface area contributed by atoms with E-state index in [1.165, 1.54) is 0 Å². The lowest BCUT2D eigenvalue weighted by molar-refractivity contribution is -0.132. The molecule has 28 heavy (non-hydrogen) atoms. The highest BCUT2D eigenvalue weighted by molar-refractivity contribution is 5.76. The van der Waals surface area contributed by atoms with E-state index in [2.05, 4.69) is 15.2 Å². The minimum absolute atomic E-state index is 0.194. The van der Waals surface area contributed by atoms with Crippen molar-refractivity contribution < 1.29 is 14.1 Å². The maximum absolute atomic E-state index is 12.6. The first-order valence-corrected chi connectivity index (χ1v) is 10.3. The SMILES string of the molecule is Cc1cc(C)n(CCC(=O)N2CCC(c3nc(C4CCOCC4)no3)CC2)n1. The molecule has 0 aromatic carbocycles. The van der Waals surface area contributed by atoms with E-state index < -0.39 is 0 Å². The number of nitrogens with zero attached hydrogens (tertiary/aromatic N) is 5. The lowest BCUT2D eigenvalue weighted by atomic mass is 9.96. The Labute approximate surface area is 165 Å². The minimum atomic E-state index is 0.194. The number of rotatable bonds is 5. The molecular formula is C20H29N5O3.